The highest BCUT2D eigenvalue weighted by molar-refractivity contribution is 5.43. The molecular formula is C19H22ClNO2. The maximum atomic E-state index is 6.22. The number of rotatable bonds is 4. The van der Waals surface area contributed by atoms with Crippen LogP contribution in [-0.2, 0) is 9.47 Å². The van der Waals surface area contributed by atoms with Crippen molar-refractivity contribution in [3.05, 3.63) is 65.5 Å². The molecule has 5 rings (SSSR count). The standard InChI is InChI=1S/C19H22NO2.ClH/c1-3-21-19(22-4-2)13-17-14-9-5-6-10-15(14)18(19)16-11-7-8-12-20(16)17;/h5-12,17-18H,3-4,13H2,1-2H3;1H/q+1;/p-1/t17-,18+;/m1./s1. The second kappa shape index (κ2) is 6.23. The van der Waals surface area contributed by atoms with Gasteiger partial charge in [0.05, 0.1) is 6.42 Å². The van der Waals surface area contributed by atoms with E-state index < -0.39 is 5.79 Å². The average Bonchev–Trinajstić information content (AvgIpc) is 2.55. The number of ether oxygens (including phenoxy) is 2. The van der Waals surface area contributed by atoms with E-state index >= 15 is 0 Å². The predicted molar refractivity (Wildman–Crippen MR) is 83.7 cm³/mol. The van der Waals surface area contributed by atoms with Gasteiger partial charge in [-0.05, 0) is 19.4 Å². The van der Waals surface area contributed by atoms with E-state index in [4.69, 9.17) is 9.47 Å². The van der Waals surface area contributed by atoms with Crippen molar-refractivity contribution < 1.29 is 26.4 Å². The maximum absolute atomic E-state index is 6.22. The Labute approximate surface area is 143 Å². The molecular weight excluding hydrogens is 310 g/mol. The first-order chi connectivity index (χ1) is 10.8. The third kappa shape index (κ3) is 2.30. The van der Waals surface area contributed by atoms with Gasteiger partial charge in [-0.25, -0.2) is 0 Å². The summed E-state index contributed by atoms with van der Waals surface area (Å²) in [5, 5.41) is 0. The number of halogens is 1. The fraction of sp³-hybridized carbons (Fsp3) is 0.421. The summed E-state index contributed by atoms with van der Waals surface area (Å²) in [6, 6.07) is 15.4. The maximum Gasteiger partial charge on any atom is 0.194 e. The van der Waals surface area contributed by atoms with Crippen molar-refractivity contribution in [3.63, 3.8) is 0 Å². The Kier molecular flexibility index (Phi) is 4.45. The number of nitrogens with zero attached hydrogens (tertiary/aromatic N) is 1. The molecule has 0 unspecified atom stereocenters. The molecule has 2 atom stereocenters. The van der Waals surface area contributed by atoms with E-state index in [1.54, 1.807) is 0 Å². The van der Waals surface area contributed by atoms with Crippen LogP contribution in [0.2, 0.25) is 0 Å². The minimum Gasteiger partial charge on any atom is -1.00 e. The van der Waals surface area contributed by atoms with Gasteiger partial charge in [-0.15, -0.1) is 0 Å². The van der Waals surface area contributed by atoms with Crippen LogP contribution in [-0.4, -0.2) is 19.0 Å². The molecule has 1 aromatic carbocycles. The summed E-state index contributed by atoms with van der Waals surface area (Å²) < 4.78 is 14.8. The zero-order chi connectivity index (χ0) is 15.2. The molecule has 0 radical (unpaired) electrons. The molecule has 2 aromatic rings. The van der Waals surface area contributed by atoms with Gasteiger partial charge in [0.1, 0.15) is 5.92 Å². The average molecular weight is 332 g/mol. The molecule has 0 amide bonds. The highest BCUT2D eigenvalue weighted by Gasteiger charge is 2.59. The lowest BCUT2D eigenvalue weighted by atomic mass is 9.70. The second-order valence-electron chi connectivity index (χ2n) is 5.99. The fourth-order valence-electron chi connectivity index (χ4n) is 4.26. The van der Waals surface area contributed by atoms with Gasteiger partial charge in [0.15, 0.2) is 23.7 Å². The van der Waals surface area contributed by atoms with Crippen LogP contribution in [0.5, 0.6) is 0 Å². The molecule has 2 bridgehead atoms. The lowest BCUT2D eigenvalue weighted by molar-refractivity contribution is -0.738. The number of pyridine rings is 1. The molecule has 2 aliphatic heterocycles. The van der Waals surface area contributed by atoms with E-state index in [-0.39, 0.29) is 24.4 Å². The molecule has 122 valence electrons. The second-order valence-corrected chi connectivity index (χ2v) is 5.99. The molecule has 0 fully saturated rings. The molecule has 4 heteroatoms. The Hall–Kier alpha value is -1.42. The van der Waals surface area contributed by atoms with Crippen LogP contribution in [0.15, 0.2) is 48.7 Å². The van der Waals surface area contributed by atoms with E-state index in [0.29, 0.717) is 13.2 Å². The van der Waals surface area contributed by atoms with Crippen LogP contribution in [0.3, 0.4) is 0 Å². The Morgan fingerprint density at radius 1 is 1.00 bits per heavy atom. The van der Waals surface area contributed by atoms with Gasteiger partial charge >= 0.3 is 0 Å². The third-order valence-electron chi connectivity index (χ3n) is 4.92. The first kappa shape index (κ1) is 16.4. The number of benzene rings is 1. The largest absolute Gasteiger partial charge is 1.00 e. The SMILES string of the molecule is CCOC1(OCC)C[C@@H]2c3ccccc3[C@H]1c1cccc[n+]12.[Cl-]. The lowest BCUT2D eigenvalue weighted by Crippen LogP contribution is -3.00. The number of fused-ring (bicyclic) bond motifs is 1. The van der Waals surface area contributed by atoms with E-state index in [1.807, 2.05) is 13.8 Å². The summed E-state index contributed by atoms with van der Waals surface area (Å²) >= 11 is 0. The monoisotopic (exact) mass is 331 g/mol. The summed E-state index contributed by atoms with van der Waals surface area (Å²) in [5.41, 5.74) is 4.05. The lowest BCUT2D eigenvalue weighted by Gasteiger charge is -2.47. The number of hydrogen-bond acceptors (Lipinski definition) is 2. The molecule has 23 heavy (non-hydrogen) atoms. The Morgan fingerprint density at radius 2 is 1.65 bits per heavy atom. The van der Waals surface area contributed by atoms with E-state index in [0.717, 1.165) is 6.42 Å². The molecule has 1 aliphatic carbocycles. The topological polar surface area (TPSA) is 22.3 Å². The number of aromatic nitrogens is 1. The van der Waals surface area contributed by atoms with E-state index in [1.165, 1.54) is 16.8 Å². The minimum absolute atomic E-state index is 0. The minimum atomic E-state index is -0.538. The van der Waals surface area contributed by atoms with Crippen molar-refractivity contribution in [3.8, 4) is 0 Å². The highest BCUT2D eigenvalue weighted by atomic mass is 35.5. The normalized spacial score (nSPS) is 22.9. The molecule has 3 nitrogen and oxygen atoms in total. The zero-order valence-corrected chi connectivity index (χ0v) is 14.3. The van der Waals surface area contributed by atoms with Crippen molar-refractivity contribution in [1.82, 2.24) is 0 Å². The van der Waals surface area contributed by atoms with E-state index in [9.17, 15) is 0 Å². The summed E-state index contributed by atoms with van der Waals surface area (Å²) in [5.74, 6) is -0.404. The van der Waals surface area contributed by atoms with Crippen LogP contribution in [0, 0.1) is 0 Å². The van der Waals surface area contributed by atoms with Crippen molar-refractivity contribution in [1.29, 1.82) is 0 Å². The quantitative estimate of drug-likeness (QED) is 0.589. The molecule has 0 N–H and O–H groups in total. The molecule has 0 saturated heterocycles. The van der Waals surface area contributed by atoms with Crippen molar-refractivity contribution in [2.45, 2.75) is 38.0 Å². The summed E-state index contributed by atoms with van der Waals surface area (Å²) in [7, 11) is 0. The van der Waals surface area contributed by atoms with Crippen LogP contribution in [0.25, 0.3) is 0 Å². The van der Waals surface area contributed by atoms with Crippen molar-refractivity contribution >= 4 is 0 Å². The van der Waals surface area contributed by atoms with Crippen molar-refractivity contribution in [2.75, 3.05) is 13.2 Å². The summed E-state index contributed by atoms with van der Waals surface area (Å²) in [4.78, 5) is 0. The summed E-state index contributed by atoms with van der Waals surface area (Å²) in [6.07, 6.45) is 3.06. The van der Waals surface area contributed by atoms with Gasteiger partial charge in [-0.1, -0.05) is 30.3 Å². The summed E-state index contributed by atoms with van der Waals surface area (Å²) in [6.45, 7) is 5.43. The van der Waals surface area contributed by atoms with Gasteiger partial charge in [0.25, 0.3) is 0 Å². The zero-order valence-electron chi connectivity index (χ0n) is 13.5. The van der Waals surface area contributed by atoms with Gasteiger partial charge < -0.3 is 21.9 Å². The first-order valence-electron chi connectivity index (χ1n) is 8.17. The van der Waals surface area contributed by atoms with Gasteiger partial charge in [-0.3, -0.25) is 0 Å². The smallest absolute Gasteiger partial charge is 0.194 e. The predicted octanol–water partition coefficient (Wildman–Crippen LogP) is 0.186. The number of hydrogen-bond donors (Lipinski definition) is 0. The van der Waals surface area contributed by atoms with Gasteiger partial charge in [0.2, 0.25) is 0 Å². The van der Waals surface area contributed by atoms with Crippen molar-refractivity contribution in [2.24, 2.45) is 0 Å². The van der Waals surface area contributed by atoms with Gasteiger partial charge in [0, 0.05) is 30.9 Å². The van der Waals surface area contributed by atoms with Crippen LogP contribution in [0.4, 0.5) is 0 Å². The fourth-order valence-corrected chi connectivity index (χ4v) is 4.26. The van der Waals surface area contributed by atoms with Crippen LogP contribution < -0.4 is 17.0 Å². The van der Waals surface area contributed by atoms with E-state index in [2.05, 4.69) is 53.2 Å². The molecule has 0 spiro atoms. The van der Waals surface area contributed by atoms with Crippen LogP contribution in [0.1, 0.15) is 49.0 Å². The Morgan fingerprint density at radius 3 is 2.35 bits per heavy atom. The first-order valence-corrected chi connectivity index (χ1v) is 8.17. The van der Waals surface area contributed by atoms with Crippen LogP contribution >= 0.6 is 0 Å². The highest BCUT2D eigenvalue weighted by Crippen LogP contribution is 2.52. The molecule has 0 saturated carbocycles. The van der Waals surface area contributed by atoms with Gasteiger partial charge in [-0.2, -0.15) is 4.57 Å². The molecule has 1 aromatic heterocycles. The molecule has 3 heterocycles. The third-order valence-corrected chi connectivity index (χ3v) is 4.92. The Bertz CT molecular complexity index is 650. The molecule has 3 aliphatic rings. The Balaban J connectivity index is 0.00000156.